The van der Waals surface area contributed by atoms with E-state index in [1.165, 1.54) is 26.3 Å². The van der Waals surface area contributed by atoms with Crippen LogP contribution in [0.5, 0.6) is 5.75 Å². The third-order valence-corrected chi connectivity index (χ3v) is 3.65. The van der Waals surface area contributed by atoms with Gasteiger partial charge in [-0.25, -0.2) is 0 Å². The lowest BCUT2D eigenvalue weighted by molar-refractivity contribution is 0.204. The summed E-state index contributed by atoms with van der Waals surface area (Å²) in [5.74, 6) is 0.0152. The summed E-state index contributed by atoms with van der Waals surface area (Å²) >= 11 is 0. The van der Waals surface area contributed by atoms with E-state index in [4.69, 9.17) is 4.74 Å². The molecule has 0 fully saturated rings. The van der Waals surface area contributed by atoms with Crippen molar-refractivity contribution in [3.05, 3.63) is 24.3 Å². The molecule has 0 bridgehead atoms. The number of aromatic hydroxyl groups is 1. The number of nitrogens with zero attached hydrogens (tertiary/aromatic N) is 1. The van der Waals surface area contributed by atoms with Gasteiger partial charge in [-0.05, 0) is 12.1 Å². The molecule has 0 spiro atoms. The van der Waals surface area contributed by atoms with Crippen molar-refractivity contribution in [2.24, 2.45) is 0 Å². The molecule has 1 rings (SSSR count). The predicted molar refractivity (Wildman–Crippen MR) is 65.3 cm³/mol. The van der Waals surface area contributed by atoms with Gasteiger partial charge < -0.3 is 9.84 Å². The van der Waals surface area contributed by atoms with Crippen LogP contribution in [-0.2, 0) is 14.9 Å². The first-order valence-electron chi connectivity index (χ1n) is 4.99. The minimum Gasteiger partial charge on any atom is -0.508 e. The Hall–Kier alpha value is -1.31. The molecule has 7 heteroatoms. The number of hydrogen-bond donors (Lipinski definition) is 2. The topological polar surface area (TPSA) is 78.9 Å². The van der Waals surface area contributed by atoms with E-state index < -0.39 is 10.2 Å². The van der Waals surface area contributed by atoms with Gasteiger partial charge in [-0.1, -0.05) is 6.07 Å². The molecule has 0 aromatic heterocycles. The van der Waals surface area contributed by atoms with Gasteiger partial charge in [-0.15, -0.1) is 0 Å². The average Bonchev–Trinajstić information content (AvgIpc) is 2.28. The summed E-state index contributed by atoms with van der Waals surface area (Å²) in [5, 5.41) is 9.28. The summed E-state index contributed by atoms with van der Waals surface area (Å²) in [6.45, 7) is 0.495. The van der Waals surface area contributed by atoms with Gasteiger partial charge in [0.25, 0.3) is 0 Å². The van der Waals surface area contributed by atoms with E-state index in [9.17, 15) is 13.5 Å². The molecule has 0 unspecified atom stereocenters. The van der Waals surface area contributed by atoms with Crippen LogP contribution in [0, 0.1) is 0 Å². The molecule has 17 heavy (non-hydrogen) atoms. The van der Waals surface area contributed by atoms with E-state index in [1.807, 2.05) is 0 Å². The molecule has 1 aromatic rings. The third kappa shape index (κ3) is 3.88. The number of ether oxygens (including phenoxy) is 1. The number of nitrogens with one attached hydrogen (secondary N) is 1. The van der Waals surface area contributed by atoms with Gasteiger partial charge in [0.15, 0.2) is 0 Å². The summed E-state index contributed by atoms with van der Waals surface area (Å²) in [6, 6.07) is 6.01. The molecule has 96 valence electrons. The Kier molecular flexibility index (Phi) is 4.73. The summed E-state index contributed by atoms with van der Waals surface area (Å²) in [4.78, 5) is 0. The Bertz CT molecular complexity index is 461. The molecule has 0 aliphatic carbocycles. The Morgan fingerprint density at radius 2 is 2.18 bits per heavy atom. The minimum atomic E-state index is -3.61. The molecule has 1 aromatic carbocycles. The van der Waals surface area contributed by atoms with E-state index in [0.717, 1.165) is 4.31 Å². The fourth-order valence-electron chi connectivity index (χ4n) is 1.20. The number of phenols is 1. The fourth-order valence-corrected chi connectivity index (χ4v) is 2.12. The Labute approximate surface area is 101 Å². The lowest BCUT2D eigenvalue weighted by Gasteiger charge is -2.19. The van der Waals surface area contributed by atoms with Gasteiger partial charge >= 0.3 is 10.2 Å². The quantitative estimate of drug-likeness (QED) is 0.721. The SMILES string of the molecule is COCCNS(=O)(=O)N(C)c1cccc(O)c1. The molecule has 0 heterocycles. The number of phenolic OH excluding ortho intramolecular Hbond substituents is 1. The van der Waals surface area contributed by atoms with Crippen LogP contribution < -0.4 is 9.03 Å². The van der Waals surface area contributed by atoms with Gasteiger partial charge in [0, 0.05) is 26.8 Å². The number of benzene rings is 1. The summed E-state index contributed by atoms with van der Waals surface area (Å²) in [6.07, 6.45) is 0. The Morgan fingerprint density at radius 1 is 1.47 bits per heavy atom. The second kappa shape index (κ2) is 5.85. The Balaban J connectivity index is 2.78. The van der Waals surface area contributed by atoms with Gasteiger partial charge in [0.2, 0.25) is 0 Å². The first-order valence-corrected chi connectivity index (χ1v) is 6.43. The lowest BCUT2D eigenvalue weighted by Crippen LogP contribution is -2.39. The molecule has 0 saturated carbocycles. The molecule has 0 aliphatic rings. The minimum absolute atomic E-state index is 0.0152. The van der Waals surface area contributed by atoms with Gasteiger partial charge in [0.05, 0.1) is 12.3 Å². The van der Waals surface area contributed by atoms with E-state index in [-0.39, 0.29) is 12.3 Å². The van der Waals surface area contributed by atoms with Crippen molar-refractivity contribution in [1.29, 1.82) is 0 Å². The number of anilines is 1. The molecule has 0 radical (unpaired) electrons. The summed E-state index contributed by atoms with van der Waals surface area (Å²) < 4.78 is 31.8. The average molecular weight is 260 g/mol. The zero-order valence-electron chi connectivity index (χ0n) is 9.75. The van der Waals surface area contributed by atoms with Crippen LogP contribution in [0.15, 0.2) is 24.3 Å². The number of hydrogen-bond acceptors (Lipinski definition) is 4. The van der Waals surface area contributed by atoms with Crippen LogP contribution in [-0.4, -0.2) is 40.8 Å². The summed E-state index contributed by atoms with van der Waals surface area (Å²) in [5.41, 5.74) is 0.384. The van der Waals surface area contributed by atoms with Gasteiger partial charge in [-0.2, -0.15) is 13.1 Å². The molecular weight excluding hydrogens is 244 g/mol. The highest BCUT2D eigenvalue weighted by Crippen LogP contribution is 2.20. The smallest absolute Gasteiger partial charge is 0.301 e. The first kappa shape index (κ1) is 13.8. The number of rotatable bonds is 6. The van der Waals surface area contributed by atoms with Crippen LogP contribution in [0.2, 0.25) is 0 Å². The first-order chi connectivity index (χ1) is 7.97. The van der Waals surface area contributed by atoms with Crippen LogP contribution in [0.4, 0.5) is 5.69 Å². The Morgan fingerprint density at radius 3 is 2.76 bits per heavy atom. The zero-order chi connectivity index (χ0) is 12.9. The van der Waals surface area contributed by atoms with Gasteiger partial charge in [0.1, 0.15) is 5.75 Å². The monoisotopic (exact) mass is 260 g/mol. The van der Waals surface area contributed by atoms with Crippen molar-refractivity contribution in [3.63, 3.8) is 0 Å². The largest absolute Gasteiger partial charge is 0.508 e. The van der Waals surface area contributed by atoms with Crippen LogP contribution in [0.3, 0.4) is 0 Å². The molecule has 0 atom stereocenters. The molecule has 0 saturated heterocycles. The van der Waals surface area contributed by atoms with Crippen molar-refractivity contribution in [2.45, 2.75) is 0 Å². The van der Waals surface area contributed by atoms with Gasteiger partial charge in [-0.3, -0.25) is 4.31 Å². The lowest BCUT2D eigenvalue weighted by atomic mass is 10.3. The fraction of sp³-hybridized carbons (Fsp3) is 0.400. The van der Waals surface area contributed by atoms with Crippen LogP contribution in [0.25, 0.3) is 0 Å². The maximum atomic E-state index is 11.8. The maximum absolute atomic E-state index is 11.8. The van der Waals surface area contributed by atoms with E-state index >= 15 is 0 Å². The normalized spacial score (nSPS) is 11.4. The molecule has 0 aliphatic heterocycles. The molecular formula is C10H16N2O4S. The van der Waals surface area contributed by atoms with Crippen molar-refractivity contribution in [3.8, 4) is 5.75 Å². The van der Waals surface area contributed by atoms with Crippen molar-refractivity contribution in [2.75, 3.05) is 31.6 Å². The molecule has 0 amide bonds. The van der Waals surface area contributed by atoms with Crippen molar-refractivity contribution < 1.29 is 18.3 Å². The molecule has 6 nitrogen and oxygen atoms in total. The predicted octanol–water partition coefficient (Wildman–Crippen LogP) is 0.309. The van der Waals surface area contributed by atoms with E-state index in [1.54, 1.807) is 12.1 Å². The standard InChI is InChI=1S/C10H16N2O4S/c1-12(9-4-3-5-10(13)8-9)17(14,15)11-6-7-16-2/h3-5,8,11,13H,6-7H2,1-2H3. The van der Waals surface area contributed by atoms with E-state index in [0.29, 0.717) is 12.3 Å². The van der Waals surface area contributed by atoms with Crippen LogP contribution in [0.1, 0.15) is 0 Å². The summed E-state index contributed by atoms with van der Waals surface area (Å²) in [7, 11) is -0.710. The highest BCUT2D eigenvalue weighted by atomic mass is 32.2. The van der Waals surface area contributed by atoms with E-state index in [2.05, 4.69) is 4.72 Å². The number of methoxy groups -OCH3 is 1. The highest BCUT2D eigenvalue weighted by Gasteiger charge is 2.17. The second-order valence-corrected chi connectivity index (χ2v) is 5.17. The third-order valence-electron chi connectivity index (χ3n) is 2.14. The van der Waals surface area contributed by atoms with Crippen LogP contribution >= 0.6 is 0 Å². The maximum Gasteiger partial charge on any atom is 0.301 e. The van der Waals surface area contributed by atoms with Crippen molar-refractivity contribution >= 4 is 15.9 Å². The molecule has 2 N–H and O–H groups in total. The highest BCUT2D eigenvalue weighted by molar-refractivity contribution is 7.90. The van der Waals surface area contributed by atoms with Crippen molar-refractivity contribution in [1.82, 2.24) is 4.72 Å². The second-order valence-electron chi connectivity index (χ2n) is 3.38. The zero-order valence-corrected chi connectivity index (χ0v) is 10.6.